The molecule has 2 nitrogen and oxygen atoms in total. The van der Waals surface area contributed by atoms with Crippen LogP contribution in [0.5, 0.6) is 0 Å². The van der Waals surface area contributed by atoms with E-state index in [9.17, 15) is 4.79 Å². The molecule has 1 atom stereocenters. The average molecular weight is 256 g/mol. The van der Waals surface area contributed by atoms with E-state index >= 15 is 0 Å². The van der Waals surface area contributed by atoms with E-state index in [0.717, 1.165) is 42.9 Å². The van der Waals surface area contributed by atoms with E-state index in [1.807, 2.05) is 11.8 Å². The highest BCUT2D eigenvalue weighted by atomic mass is 32.2. The Morgan fingerprint density at radius 1 is 1.53 bits per heavy atom. The maximum Gasteiger partial charge on any atom is 0.136 e. The quantitative estimate of drug-likeness (QED) is 0.770. The van der Waals surface area contributed by atoms with Gasteiger partial charge in [0.2, 0.25) is 0 Å². The highest BCUT2D eigenvalue weighted by molar-refractivity contribution is 7.99. The molecule has 98 valence electrons. The van der Waals surface area contributed by atoms with Crippen LogP contribution in [0.4, 0.5) is 0 Å². The summed E-state index contributed by atoms with van der Waals surface area (Å²) in [7, 11) is 0. The number of ether oxygens (including phenoxy) is 1. The monoisotopic (exact) mass is 256 g/mol. The average Bonchev–Trinajstić information content (AvgIpc) is 2.26. The van der Waals surface area contributed by atoms with E-state index in [1.165, 1.54) is 0 Å². The van der Waals surface area contributed by atoms with Crippen LogP contribution >= 0.6 is 11.8 Å². The molecule has 0 aliphatic carbocycles. The minimum absolute atomic E-state index is 0.250. The number of thioether (sulfide) groups is 1. The molecule has 0 aromatic heterocycles. The van der Waals surface area contributed by atoms with Crippen molar-refractivity contribution in [1.29, 1.82) is 0 Å². The molecule has 0 aromatic rings. The normalized spacial score (nSPS) is 23.2. The van der Waals surface area contributed by atoms with Gasteiger partial charge in [-0.2, -0.15) is 11.8 Å². The molecule has 1 heterocycles. The van der Waals surface area contributed by atoms with Gasteiger partial charge in [-0.15, -0.1) is 0 Å². The molecule has 1 aliphatic rings. The summed E-state index contributed by atoms with van der Waals surface area (Å²) in [6, 6.07) is 0. The van der Waals surface area contributed by atoms with E-state index in [-0.39, 0.29) is 5.92 Å². The lowest BCUT2D eigenvalue weighted by Gasteiger charge is -2.19. The van der Waals surface area contributed by atoms with Crippen LogP contribution in [0.2, 0.25) is 0 Å². The van der Waals surface area contributed by atoms with Crippen molar-refractivity contribution in [2.45, 2.75) is 39.5 Å². The summed E-state index contributed by atoms with van der Waals surface area (Å²) in [5, 5.41) is 0. The molecule has 1 fully saturated rings. The predicted molar refractivity (Wildman–Crippen MR) is 74.2 cm³/mol. The SMILES string of the molecule is C=C1CSCCC(C(=O)CC(C)C)CCCO1. The second kappa shape index (κ2) is 7.80. The number of ketones is 1. The zero-order chi connectivity index (χ0) is 12.7. The van der Waals surface area contributed by atoms with Crippen molar-refractivity contribution in [3.05, 3.63) is 12.3 Å². The molecule has 1 saturated heterocycles. The number of carbonyl (C=O) groups excluding carboxylic acids is 1. The molecule has 3 heteroatoms. The van der Waals surface area contributed by atoms with Gasteiger partial charge in [0.25, 0.3) is 0 Å². The van der Waals surface area contributed by atoms with Crippen molar-refractivity contribution < 1.29 is 9.53 Å². The van der Waals surface area contributed by atoms with Crippen LogP contribution in [0, 0.1) is 11.8 Å². The van der Waals surface area contributed by atoms with E-state index in [1.54, 1.807) is 0 Å². The molecule has 1 unspecified atom stereocenters. The molecule has 0 saturated carbocycles. The first kappa shape index (κ1) is 14.6. The Labute approximate surface area is 109 Å². The van der Waals surface area contributed by atoms with Gasteiger partial charge in [-0.1, -0.05) is 20.4 Å². The van der Waals surface area contributed by atoms with Gasteiger partial charge in [0, 0.05) is 12.3 Å². The van der Waals surface area contributed by atoms with Gasteiger partial charge in [-0.3, -0.25) is 4.79 Å². The van der Waals surface area contributed by atoms with Gasteiger partial charge >= 0.3 is 0 Å². The third-order valence-corrected chi connectivity index (χ3v) is 3.99. The lowest BCUT2D eigenvalue weighted by atomic mass is 9.90. The molecule has 17 heavy (non-hydrogen) atoms. The maximum absolute atomic E-state index is 12.1. The zero-order valence-corrected chi connectivity index (χ0v) is 11.9. The third-order valence-electron chi connectivity index (χ3n) is 2.94. The summed E-state index contributed by atoms with van der Waals surface area (Å²) >= 11 is 1.82. The molecule has 1 aliphatic heterocycles. The topological polar surface area (TPSA) is 26.3 Å². The third kappa shape index (κ3) is 6.16. The van der Waals surface area contributed by atoms with Crippen LogP contribution in [0.1, 0.15) is 39.5 Å². The zero-order valence-electron chi connectivity index (χ0n) is 11.0. The minimum atomic E-state index is 0.250. The van der Waals surface area contributed by atoms with Crippen molar-refractivity contribution in [2.24, 2.45) is 11.8 Å². The highest BCUT2D eigenvalue weighted by Gasteiger charge is 2.19. The second-order valence-electron chi connectivity index (χ2n) is 5.13. The van der Waals surface area contributed by atoms with Crippen LogP contribution in [0.15, 0.2) is 12.3 Å². The predicted octanol–water partition coefficient (Wildman–Crippen LogP) is 3.67. The van der Waals surface area contributed by atoms with Crippen LogP contribution in [0.3, 0.4) is 0 Å². The Balaban J connectivity index is 2.42. The molecule has 0 radical (unpaired) electrons. The maximum atomic E-state index is 12.1. The number of hydrogen-bond acceptors (Lipinski definition) is 3. The summed E-state index contributed by atoms with van der Waals surface area (Å²) in [6.07, 6.45) is 3.68. The lowest BCUT2D eigenvalue weighted by Crippen LogP contribution is -2.19. The summed E-state index contributed by atoms with van der Waals surface area (Å²) in [4.78, 5) is 12.1. The Hall–Kier alpha value is -0.440. The van der Waals surface area contributed by atoms with E-state index in [4.69, 9.17) is 4.74 Å². The van der Waals surface area contributed by atoms with Gasteiger partial charge in [-0.05, 0) is 30.9 Å². The van der Waals surface area contributed by atoms with Crippen LogP contribution < -0.4 is 0 Å². The van der Waals surface area contributed by atoms with Gasteiger partial charge < -0.3 is 4.74 Å². The number of carbonyl (C=O) groups is 1. The van der Waals surface area contributed by atoms with Crippen molar-refractivity contribution in [1.82, 2.24) is 0 Å². The first-order valence-electron chi connectivity index (χ1n) is 6.50. The molecule has 0 bridgehead atoms. The van der Waals surface area contributed by atoms with E-state index in [0.29, 0.717) is 18.3 Å². The van der Waals surface area contributed by atoms with Gasteiger partial charge in [0.15, 0.2) is 0 Å². The molecular formula is C14H24O2S. The Kier molecular flexibility index (Phi) is 6.71. The van der Waals surface area contributed by atoms with Crippen molar-refractivity contribution >= 4 is 17.5 Å². The summed E-state index contributed by atoms with van der Waals surface area (Å²) in [5.74, 6) is 3.95. The first-order chi connectivity index (χ1) is 8.09. The van der Waals surface area contributed by atoms with E-state index < -0.39 is 0 Å². The lowest BCUT2D eigenvalue weighted by molar-refractivity contribution is -0.123. The van der Waals surface area contributed by atoms with Gasteiger partial charge in [0.05, 0.1) is 18.1 Å². The Bertz CT molecular complexity index is 247. The summed E-state index contributed by atoms with van der Waals surface area (Å²) in [5.41, 5.74) is 0. The van der Waals surface area contributed by atoms with Crippen LogP contribution in [0.25, 0.3) is 0 Å². The number of Topliss-reactive ketones (excluding diaryl/α,β-unsaturated/α-hetero) is 1. The van der Waals surface area contributed by atoms with E-state index in [2.05, 4.69) is 20.4 Å². The summed E-state index contributed by atoms with van der Waals surface area (Å²) < 4.78 is 5.50. The Morgan fingerprint density at radius 2 is 2.29 bits per heavy atom. The molecular weight excluding hydrogens is 232 g/mol. The Morgan fingerprint density at radius 3 is 3.00 bits per heavy atom. The molecule has 0 amide bonds. The number of rotatable bonds is 3. The minimum Gasteiger partial charge on any atom is -0.498 e. The standard InChI is InChI=1S/C14H24O2S/c1-11(2)9-14(15)13-5-4-7-16-12(3)10-17-8-6-13/h11,13H,3-10H2,1-2H3. The molecule has 0 N–H and O–H groups in total. The fraction of sp³-hybridized carbons (Fsp3) is 0.786. The van der Waals surface area contributed by atoms with Gasteiger partial charge in [-0.25, -0.2) is 0 Å². The fourth-order valence-corrected chi connectivity index (χ4v) is 2.94. The first-order valence-corrected chi connectivity index (χ1v) is 7.66. The van der Waals surface area contributed by atoms with Crippen LogP contribution in [-0.4, -0.2) is 23.9 Å². The smallest absolute Gasteiger partial charge is 0.136 e. The van der Waals surface area contributed by atoms with Crippen LogP contribution in [-0.2, 0) is 9.53 Å². The fourth-order valence-electron chi connectivity index (χ4n) is 2.03. The largest absolute Gasteiger partial charge is 0.498 e. The van der Waals surface area contributed by atoms with Crippen molar-refractivity contribution in [3.8, 4) is 0 Å². The molecule has 1 rings (SSSR count). The second-order valence-corrected chi connectivity index (χ2v) is 6.24. The highest BCUT2D eigenvalue weighted by Crippen LogP contribution is 2.22. The van der Waals surface area contributed by atoms with Crippen molar-refractivity contribution in [2.75, 3.05) is 18.1 Å². The molecule has 0 aromatic carbocycles. The summed E-state index contributed by atoms with van der Waals surface area (Å²) in [6.45, 7) is 8.81. The van der Waals surface area contributed by atoms with Gasteiger partial charge in [0.1, 0.15) is 5.78 Å². The number of hydrogen-bond donors (Lipinski definition) is 0. The molecule has 0 spiro atoms. The van der Waals surface area contributed by atoms with Crippen molar-refractivity contribution in [3.63, 3.8) is 0 Å².